The molecule has 0 spiro atoms. The molecular weight excluding hydrogens is 262 g/mol. The first-order valence-electron chi connectivity index (χ1n) is 8.04. The molecule has 116 valence electrons. The molecule has 3 unspecified atom stereocenters. The number of hydrogen-bond acceptors (Lipinski definition) is 3. The van der Waals surface area contributed by atoms with Crippen LogP contribution in [0.2, 0.25) is 0 Å². The lowest BCUT2D eigenvalue weighted by molar-refractivity contribution is -0.0539. The van der Waals surface area contributed by atoms with Crippen LogP contribution in [0.1, 0.15) is 40.0 Å². The molecule has 0 saturated heterocycles. The van der Waals surface area contributed by atoms with E-state index in [1.807, 2.05) is 24.3 Å². The van der Waals surface area contributed by atoms with Crippen molar-refractivity contribution >= 4 is 5.69 Å². The molecule has 2 fully saturated rings. The van der Waals surface area contributed by atoms with E-state index in [-0.39, 0.29) is 0 Å². The molecule has 0 aliphatic heterocycles. The highest BCUT2D eigenvalue weighted by Gasteiger charge is 2.61. The summed E-state index contributed by atoms with van der Waals surface area (Å²) >= 11 is 0. The summed E-state index contributed by atoms with van der Waals surface area (Å²) in [6.07, 6.45) is 4.24. The van der Waals surface area contributed by atoms with Crippen LogP contribution in [0, 0.1) is 16.7 Å². The SMILES string of the molecule is CC1(C)C2CCC1(C)C(OCCOc1ccccc1N)C2. The standard InChI is InChI=1S/C18H27NO2/c1-17(2)13-8-9-18(17,3)16(12-13)21-11-10-20-15-7-5-4-6-14(15)19/h4-7,13,16H,8-12,19H2,1-3H3. The Morgan fingerprint density at radius 1 is 1.19 bits per heavy atom. The number of hydrogen-bond donors (Lipinski definition) is 1. The van der Waals surface area contributed by atoms with Gasteiger partial charge in [0.2, 0.25) is 0 Å². The summed E-state index contributed by atoms with van der Waals surface area (Å²) in [7, 11) is 0. The van der Waals surface area contributed by atoms with E-state index < -0.39 is 0 Å². The highest BCUT2D eigenvalue weighted by atomic mass is 16.5. The minimum atomic E-state index is 0.323. The van der Waals surface area contributed by atoms with Gasteiger partial charge >= 0.3 is 0 Å². The predicted octanol–water partition coefficient (Wildman–Crippen LogP) is 3.88. The van der Waals surface area contributed by atoms with Crippen LogP contribution in [0.25, 0.3) is 0 Å². The van der Waals surface area contributed by atoms with Gasteiger partial charge in [-0.3, -0.25) is 0 Å². The summed E-state index contributed by atoms with van der Waals surface area (Å²) in [5.41, 5.74) is 7.28. The summed E-state index contributed by atoms with van der Waals surface area (Å²) in [5, 5.41) is 0. The van der Waals surface area contributed by atoms with Gasteiger partial charge in [0.05, 0.1) is 18.4 Å². The van der Waals surface area contributed by atoms with Crippen LogP contribution in [-0.2, 0) is 4.74 Å². The zero-order valence-electron chi connectivity index (χ0n) is 13.4. The van der Waals surface area contributed by atoms with E-state index >= 15 is 0 Å². The van der Waals surface area contributed by atoms with Gasteiger partial charge < -0.3 is 15.2 Å². The molecule has 3 heteroatoms. The lowest BCUT2D eigenvalue weighted by atomic mass is 9.70. The van der Waals surface area contributed by atoms with E-state index in [9.17, 15) is 0 Å². The third-order valence-electron chi connectivity index (χ3n) is 6.29. The number of nitrogens with two attached hydrogens (primary N) is 1. The summed E-state index contributed by atoms with van der Waals surface area (Å²) in [5.74, 6) is 1.57. The molecular formula is C18H27NO2. The van der Waals surface area contributed by atoms with Crippen LogP contribution in [0.5, 0.6) is 5.75 Å². The van der Waals surface area contributed by atoms with Crippen LogP contribution < -0.4 is 10.5 Å². The lowest BCUT2D eigenvalue weighted by Crippen LogP contribution is -2.37. The van der Waals surface area contributed by atoms with E-state index in [1.165, 1.54) is 19.3 Å². The minimum absolute atomic E-state index is 0.323. The molecule has 2 aliphatic carbocycles. The Labute approximate surface area is 127 Å². The molecule has 21 heavy (non-hydrogen) atoms. The second-order valence-corrected chi connectivity index (χ2v) is 7.36. The zero-order chi connectivity index (χ0) is 15.1. The Balaban J connectivity index is 1.50. The van der Waals surface area contributed by atoms with Crippen molar-refractivity contribution in [3.8, 4) is 5.75 Å². The predicted molar refractivity (Wildman–Crippen MR) is 85.3 cm³/mol. The van der Waals surface area contributed by atoms with Crippen molar-refractivity contribution in [3.63, 3.8) is 0 Å². The molecule has 2 N–H and O–H groups in total. The smallest absolute Gasteiger partial charge is 0.142 e. The molecule has 0 amide bonds. The first kappa shape index (κ1) is 14.7. The monoisotopic (exact) mass is 289 g/mol. The number of ether oxygens (including phenoxy) is 2. The normalized spacial score (nSPS) is 33.3. The number of anilines is 1. The van der Waals surface area contributed by atoms with Crippen LogP contribution in [0.4, 0.5) is 5.69 Å². The number of para-hydroxylation sites is 2. The number of fused-ring (bicyclic) bond motifs is 2. The number of rotatable bonds is 5. The molecule has 3 rings (SSSR count). The Morgan fingerprint density at radius 3 is 2.57 bits per heavy atom. The van der Waals surface area contributed by atoms with Gasteiger partial charge in [-0.05, 0) is 48.1 Å². The van der Waals surface area contributed by atoms with E-state index in [4.69, 9.17) is 15.2 Å². The van der Waals surface area contributed by atoms with Crippen molar-refractivity contribution in [2.24, 2.45) is 16.7 Å². The second kappa shape index (κ2) is 5.20. The Morgan fingerprint density at radius 2 is 1.95 bits per heavy atom. The van der Waals surface area contributed by atoms with Crippen LogP contribution in [0.3, 0.4) is 0 Å². The van der Waals surface area contributed by atoms with Gasteiger partial charge in [0.25, 0.3) is 0 Å². The van der Waals surface area contributed by atoms with E-state index in [0.29, 0.717) is 35.8 Å². The van der Waals surface area contributed by atoms with Gasteiger partial charge in [-0.25, -0.2) is 0 Å². The number of benzene rings is 1. The fourth-order valence-corrected chi connectivity index (χ4v) is 4.34. The molecule has 2 bridgehead atoms. The van der Waals surface area contributed by atoms with Gasteiger partial charge in [0.15, 0.2) is 0 Å². The average molecular weight is 289 g/mol. The van der Waals surface area contributed by atoms with Gasteiger partial charge in [0, 0.05) is 0 Å². The minimum Gasteiger partial charge on any atom is -0.489 e. The van der Waals surface area contributed by atoms with E-state index in [2.05, 4.69) is 20.8 Å². The summed E-state index contributed by atoms with van der Waals surface area (Å²) in [6.45, 7) is 8.42. The Hall–Kier alpha value is -1.22. The lowest BCUT2D eigenvalue weighted by Gasteiger charge is -2.38. The third-order valence-corrected chi connectivity index (χ3v) is 6.29. The molecule has 1 aromatic rings. The molecule has 3 nitrogen and oxygen atoms in total. The first-order chi connectivity index (χ1) is 9.95. The van der Waals surface area contributed by atoms with Crippen molar-refractivity contribution in [2.45, 2.75) is 46.1 Å². The van der Waals surface area contributed by atoms with Crippen LogP contribution >= 0.6 is 0 Å². The average Bonchev–Trinajstić information content (AvgIpc) is 2.78. The molecule has 3 atom stereocenters. The maximum Gasteiger partial charge on any atom is 0.142 e. The molecule has 2 aliphatic rings. The number of nitrogen functional groups attached to an aromatic ring is 1. The maximum absolute atomic E-state index is 6.17. The second-order valence-electron chi connectivity index (χ2n) is 7.36. The summed E-state index contributed by atoms with van der Waals surface area (Å²) in [6, 6.07) is 7.61. The molecule has 0 radical (unpaired) electrons. The van der Waals surface area contributed by atoms with Gasteiger partial charge in [-0.2, -0.15) is 0 Å². The highest BCUT2D eigenvalue weighted by molar-refractivity contribution is 5.51. The quantitative estimate of drug-likeness (QED) is 0.661. The maximum atomic E-state index is 6.17. The van der Waals surface area contributed by atoms with Crippen molar-refractivity contribution in [2.75, 3.05) is 18.9 Å². The third kappa shape index (κ3) is 2.32. The van der Waals surface area contributed by atoms with E-state index in [0.717, 1.165) is 11.7 Å². The Kier molecular flexibility index (Phi) is 3.64. The zero-order valence-corrected chi connectivity index (χ0v) is 13.4. The molecule has 0 aromatic heterocycles. The summed E-state index contributed by atoms with van der Waals surface area (Å²) in [4.78, 5) is 0. The first-order valence-corrected chi connectivity index (χ1v) is 8.04. The van der Waals surface area contributed by atoms with Crippen molar-refractivity contribution in [1.82, 2.24) is 0 Å². The fraction of sp³-hybridized carbons (Fsp3) is 0.667. The molecule has 2 saturated carbocycles. The molecule has 0 heterocycles. The largest absolute Gasteiger partial charge is 0.489 e. The van der Waals surface area contributed by atoms with Crippen LogP contribution in [-0.4, -0.2) is 19.3 Å². The van der Waals surface area contributed by atoms with Crippen molar-refractivity contribution in [3.05, 3.63) is 24.3 Å². The fourth-order valence-electron chi connectivity index (χ4n) is 4.34. The molecule has 1 aromatic carbocycles. The van der Waals surface area contributed by atoms with Gasteiger partial charge in [-0.15, -0.1) is 0 Å². The van der Waals surface area contributed by atoms with Crippen molar-refractivity contribution in [1.29, 1.82) is 0 Å². The Bertz CT molecular complexity index is 514. The van der Waals surface area contributed by atoms with Gasteiger partial charge in [0.1, 0.15) is 12.4 Å². The van der Waals surface area contributed by atoms with Crippen LogP contribution in [0.15, 0.2) is 24.3 Å². The highest BCUT2D eigenvalue weighted by Crippen LogP contribution is 2.66. The van der Waals surface area contributed by atoms with E-state index in [1.54, 1.807) is 0 Å². The van der Waals surface area contributed by atoms with Gasteiger partial charge in [-0.1, -0.05) is 32.9 Å². The van der Waals surface area contributed by atoms with Crippen molar-refractivity contribution < 1.29 is 9.47 Å². The topological polar surface area (TPSA) is 44.5 Å². The summed E-state index contributed by atoms with van der Waals surface area (Å²) < 4.78 is 11.9.